The number of imidazole rings is 1. The average Bonchev–Trinajstić information content (AvgIpc) is 3.08. The summed E-state index contributed by atoms with van der Waals surface area (Å²) in [5.41, 5.74) is -0.351. The van der Waals surface area contributed by atoms with E-state index in [1.165, 1.54) is 35.4 Å². The van der Waals surface area contributed by atoms with Crippen molar-refractivity contribution in [2.45, 2.75) is 12.9 Å². The van der Waals surface area contributed by atoms with Crippen molar-refractivity contribution in [3.63, 3.8) is 0 Å². The predicted molar refractivity (Wildman–Crippen MR) is 114 cm³/mol. The average molecular weight is 481 g/mol. The van der Waals surface area contributed by atoms with E-state index in [2.05, 4.69) is 9.72 Å². The molecule has 0 unspecified atom stereocenters. The smallest absolute Gasteiger partial charge is 0.425 e. The van der Waals surface area contributed by atoms with Gasteiger partial charge in [0.25, 0.3) is 5.56 Å². The Morgan fingerprint density at radius 1 is 1.00 bits per heavy atom. The molecule has 0 saturated carbocycles. The summed E-state index contributed by atoms with van der Waals surface area (Å²) in [5, 5.41) is 0.469. The maximum absolute atomic E-state index is 12.9. The van der Waals surface area contributed by atoms with E-state index >= 15 is 0 Å². The highest BCUT2D eigenvalue weighted by Gasteiger charge is 2.31. The molecule has 0 bridgehead atoms. The Labute approximate surface area is 189 Å². The maximum Gasteiger partial charge on any atom is 0.573 e. The van der Waals surface area contributed by atoms with Gasteiger partial charge in [0.1, 0.15) is 11.5 Å². The fourth-order valence-corrected chi connectivity index (χ4v) is 3.52. The Hall–Kier alpha value is -3.73. The highest BCUT2D eigenvalue weighted by molar-refractivity contribution is 6.30. The lowest BCUT2D eigenvalue weighted by molar-refractivity contribution is -0.274. The molecule has 0 radical (unpaired) electrons. The van der Waals surface area contributed by atoms with Crippen molar-refractivity contribution >= 4 is 22.8 Å². The molecule has 2 aromatic heterocycles. The molecule has 4 aromatic rings. The second-order valence-electron chi connectivity index (χ2n) is 7.11. The fraction of sp³-hybridized carbons (Fsp3) is 0.190. The van der Waals surface area contributed by atoms with Gasteiger partial charge in [0.05, 0.1) is 6.54 Å². The number of hydrogen-bond donors (Lipinski definition) is 0. The monoisotopic (exact) mass is 480 g/mol. The van der Waals surface area contributed by atoms with E-state index in [-0.39, 0.29) is 29.5 Å². The van der Waals surface area contributed by atoms with Crippen LogP contribution < -0.4 is 20.7 Å². The van der Waals surface area contributed by atoms with Crippen LogP contribution in [0, 0.1) is 0 Å². The number of aryl methyl sites for hydroxylation is 1. The molecule has 8 nitrogen and oxygen atoms in total. The minimum Gasteiger partial charge on any atom is -0.425 e. The van der Waals surface area contributed by atoms with Gasteiger partial charge in [-0.15, -0.1) is 13.2 Å². The molecule has 0 aliphatic rings. The van der Waals surface area contributed by atoms with Gasteiger partial charge in [0.15, 0.2) is 11.2 Å². The summed E-state index contributed by atoms with van der Waals surface area (Å²) in [5.74, 6) is -0.498. The number of rotatable bonds is 5. The molecule has 4 rings (SSSR count). The summed E-state index contributed by atoms with van der Waals surface area (Å²) in [7, 11) is 2.78. The molecule has 0 fully saturated rings. The standard InChI is InChI=1S/C21H16ClF3N4O4/c1-27-17-16(18(30)28(2)20(27)31)29(11-12-5-3-6-13(22)9-12)19(26-17)32-14-7-4-8-15(10-14)33-21(23,24)25/h3-10H,11H2,1-2H3. The van der Waals surface area contributed by atoms with Gasteiger partial charge in [0.2, 0.25) is 0 Å². The molecule has 12 heteroatoms. The van der Waals surface area contributed by atoms with Crippen LogP contribution in [0.3, 0.4) is 0 Å². The molecule has 0 spiro atoms. The molecular weight excluding hydrogens is 465 g/mol. The van der Waals surface area contributed by atoms with Crippen molar-refractivity contribution < 1.29 is 22.6 Å². The molecular formula is C21H16ClF3N4O4. The number of aromatic nitrogens is 4. The molecule has 0 saturated heterocycles. The fourth-order valence-electron chi connectivity index (χ4n) is 3.31. The molecule has 0 atom stereocenters. The molecule has 2 aromatic carbocycles. The summed E-state index contributed by atoms with van der Waals surface area (Å²) < 4.78 is 51.0. The Morgan fingerprint density at radius 3 is 2.39 bits per heavy atom. The van der Waals surface area contributed by atoms with Gasteiger partial charge in [-0.3, -0.25) is 18.5 Å². The molecule has 33 heavy (non-hydrogen) atoms. The van der Waals surface area contributed by atoms with E-state index in [1.807, 2.05) is 0 Å². The van der Waals surface area contributed by atoms with Crippen LogP contribution in [0.4, 0.5) is 13.2 Å². The van der Waals surface area contributed by atoms with Gasteiger partial charge >= 0.3 is 18.1 Å². The summed E-state index contributed by atoms with van der Waals surface area (Å²) in [4.78, 5) is 29.6. The molecule has 0 aliphatic carbocycles. The van der Waals surface area contributed by atoms with Crippen molar-refractivity contribution in [2.75, 3.05) is 0 Å². The van der Waals surface area contributed by atoms with Crippen molar-refractivity contribution in [1.82, 2.24) is 18.7 Å². The zero-order valence-corrected chi connectivity index (χ0v) is 18.0. The van der Waals surface area contributed by atoms with Crippen LogP contribution in [-0.4, -0.2) is 25.0 Å². The third-order valence-electron chi connectivity index (χ3n) is 4.79. The molecule has 2 heterocycles. The quantitative estimate of drug-likeness (QED) is 0.434. The lowest BCUT2D eigenvalue weighted by atomic mass is 10.2. The van der Waals surface area contributed by atoms with Crippen LogP contribution in [-0.2, 0) is 20.6 Å². The number of benzene rings is 2. The van der Waals surface area contributed by atoms with Gasteiger partial charge in [-0.1, -0.05) is 29.8 Å². The van der Waals surface area contributed by atoms with Crippen LogP contribution in [0.5, 0.6) is 17.5 Å². The normalized spacial score (nSPS) is 11.7. The summed E-state index contributed by atoms with van der Waals surface area (Å²) in [6.07, 6.45) is -4.87. The highest BCUT2D eigenvalue weighted by Crippen LogP contribution is 2.30. The number of halogens is 4. The minimum absolute atomic E-state index is 0.0128. The lowest BCUT2D eigenvalue weighted by Crippen LogP contribution is -2.37. The largest absolute Gasteiger partial charge is 0.573 e. The second-order valence-corrected chi connectivity index (χ2v) is 7.55. The first kappa shape index (κ1) is 22.5. The first-order chi connectivity index (χ1) is 15.5. The summed E-state index contributed by atoms with van der Waals surface area (Å²) >= 11 is 6.07. The Kier molecular flexibility index (Phi) is 5.66. The van der Waals surface area contributed by atoms with E-state index in [1.54, 1.807) is 24.3 Å². The number of nitrogens with zero attached hydrogens (tertiary/aromatic N) is 4. The Bertz CT molecular complexity index is 1470. The number of ether oxygens (including phenoxy) is 2. The van der Waals surface area contributed by atoms with Gasteiger partial charge in [-0.2, -0.15) is 4.98 Å². The molecule has 172 valence electrons. The molecule has 0 aliphatic heterocycles. The van der Waals surface area contributed by atoms with Crippen molar-refractivity contribution in [2.24, 2.45) is 14.1 Å². The second kappa shape index (κ2) is 8.32. The van der Waals surface area contributed by atoms with Crippen LogP contribution >= 0.6 is 11.6 Å². The van der Waals surface area contributed by atoms with E-state index < -0.39 is 23.4 Å². The first-order valence-electron chi connectivity index (χ1n) is 9.48. The van der Waals surface area contributed by atoms with E-state index in [4.69, 9.17) is 16.3 Å². The number of fused-ring (bicyclic) bond motifs is 1. The topological polar surface area (TPSA) is 80.3 Å². The Morgan fingerprint density at radius 2 is 1.70 bits per heavy atom. The van der Waals surface area contributed by atoms with Gasteiger partial charge in [0, 0.05) is 25.2 Å². The summed E-state index contributed by atoms with van der Waals surface area (Å²) in [6.45, 7) is 0.0958. The van der Waals surface area contributed by atoms with E-state index in [0.717, 1.165) is 16.7 Å². The van der Waals surface area contributed by atoms with Crippen LogP contribution in [0.2, 0.25) is 5.02 Å². The minimum atomic E-state index is -4.87. The zero-order chi connectivity index (χ0) is 23.9. The van der Waals surface area contributed by atoms with Crippen LogP contribution in [0.25, 0.3) is 11.2 Å². The lowest BCUT2D eigenvalue weighted by Gasteiger charge is -2.12. The van der Waals surface area contributed by atoms with Gasteiger partial charge in [-0.25, -0.2) is 4.79 Å². The van der Waals surface area contributed by atoms with Gasteiger partial charge in [-0.05, 0) is 29.8 Å². The highest BCUT2D eigenvalue weighted by atomic mass is 35.5. The molecule has 0 amide bonds. The van der Waals surface area contributed by atoms with Crippen LogP contribution in [0.15, 0.2) is 58.1 Å². The van der Waals surface area contributed by atoms with Crippen LogP contribution in [0.1, 0.15) is 5.56 Å². The van der Waals surface area contributed by atoms with E-state index in [0.29, 0.717) is 10.6 Å². The zero-order valence-electron chi connectivity index (χ0n) is 17.3. The number of alkyl halides is 3. The predicted octanol–water partition coefficient (Wildman–Crippen LogP) is 3.83. The van der Waals surface area contributed by atoms with E-state index in [9.17, 15) is 22.8 Å². The van der Waals surface area contributed by atoms with Gasteiger partial charge < -0.3 is 9.47 Å². The third kappa shape index (κ3) is 4.58. The van der Waals surface area contributed by atoms with Crippen molar-refractivity contribution in [3.8, 4) is 17.5 Å². The Balaban J connectivity index is 1.86. The summed E-state index contributed by atoms with van der Waals surface area (Å²) in [6, 6.07) is 11.6. The van der Waals surface area contributed by atoms with Crippen molar-refractivity contribution in [1.29, 1.82) is 0 Å². The maximum atomic E-state index is 12.9. The molecule has 0 N–H and O–H groups in total. The van der Waals surface area contributed by atoms with Crippen molar-refractivity contribution in [3.05, 3.63) is 80.0 Å². The SMILES string of the molecule is Cn1c(=O)c2c(nc(Oc3cccc(OC(F)(F)F)c3)n2Cc2cccc(Cl)c2)n(C)c1=O. The first-order valence-corrected chi connectivity index (χ1v) is 9.85. The number of hydrogen-bond acceptors (Lipinski definition) is 5. The third-order valence-corrected chi connectivity index (χ3v) is 5.03.